The maximum atomic E-state index is 4.38. The smallest absolute Gasteiger partial charge is 0.239 e. The minimum Gasteiger partial charge on any atom is -0.354 e. The van der Waals surface area contributed by atoms with Gasteiger partial charge in [-0.3, -0.25) is 4.72 Å². The first kappa shape index (κ1) is 15.2. The van der Waals surface area contributed by atoms with Crippen LogP contribution in [0, 0.1) is 0 Å². The van der Waals surface area contributed by atoms with Crippen LogP contribution in [0.5, 0.6) is 0 Å². The normalized spacial score (nSPS) is 15.9. The lowest BCUT2D eigenvalue weighted by atomic mass is 10.0. The molecule has 2 rings (SSSR count). The summed E-state index contributed by atoms with van der Waals surface area (Å²) < 4.78 is 3.29. The first-order chi connectivity index (χ1) is 9.81. The van der Waals surface area contributed by atoms with Crippen molar-refractivity contribution in [3.8, 4) is 0 Å². The predicted molar refractivity (Wildman–Crippen MR) is 86.2 cm³/mol. The third kappa shape index (κ3) is 4.70. The molecule has 7 heteroatoms. The van der Waals surface area contributed by atoms with Crippen molar-refractivity contribution in [1.29, 1.82) is 0 Å². The topological polar surface area (TPSA) is 74.8 Å². The highest BCUT2D eigenvalue weighted by atomic mass is 32.2. The van der Waals surface area contributed by atoms with Crippen molar-refractivity contribution in [3.63, 3.8) is 0 Å². The van der Waals surface area contributed by atoms with Crippen LogP contribution in [-0.2, 0) is 0 Å². The first-order valence-electron chi connectivity index (χ1n) is 7.47. The number of aromatic nitrogens is 3. The van der Waals surface area contributed by atoms with Crippen molar-refractivity contribution < 1.29 is 0 Å². The number of nitrogens with one attached hydrogen (secondary N) is 3. The number of nitrogens with zero attached hydrogens (tertiary/aromatic N) is 3. The maximum absolute atomic E-state index is 4.38. The van der Waals surface area contributed by atoms with Gasteiger partial charge >= 0.3 is 0 Å². The molecule has 1 aromatic rings. The molecule has 0 amide bonds. The zero-order chi connectivity index (χ0) is 14.2. The summed E-state index contributed by atoms with van der Waals surface area (Å²) >= 11 is 1.75. The summed E-state index contributed by atoms with van der Waals surface area (Å²) in [5.41, 5.74) is 0. The van der Waals surface area contributed by atoms with Crippen LogP contribution in [0.3, 0.4) is 0 Å². The quantitative estimate of drug-likeness (QED) is 0.667. The summed E-state index contributed by atoms with van der Waals surface area (Å²) in [6.45, 7) is 5.65. The number of hydrogen-bond donors (Lipinski definition) is 3. The van der Waals surface area contributed by atoms with E-state index in [0.717, 1.165) is 13.1 Å². The van der Waals surface area contributed by atoms with Gasteiger partial charge in [-0.2, -0.15) is 15.0 Å². The molecule has 1 fully saturated rings. The van der Waals surface area contributed by atoms with Crippen molar-refractivity contribution in [2.24, 2.45) is 0 Å². The maximum Gasteiger partial charge on any atom is 0.239 e. The number of rotatable bonds is 7. The zero-order valence-electron chi connectivity index (χ0n) is 12.3. The molecule has 0 saturated heterocycles. The van der Waals surface area contributed by atoms with Crippen LogP contribution >= 0.6 is 11.9 Å². The fraction of sp³-hybridized carbons (Fsp3) is 0.769. The molecular formula is C13H24N6S. The second-order valence-corrected chi connectivity index (χ2v) is 5.95. The van der Waals surface area contributed by atoms with E-state index in [-0.39, 0.29) is 0 Å². The Morgan fingerprint density at radius 2 is 1.45 bits per heavy atom. The van der Waals surface area contributed by atoms with Gasteiger partial charge in [0.1, 0.15) is 0 Å². The van der Waals surface area contributed by atoms with Crippen LogP contribution in [0.15, 0.2) is 0 Å². The van der Waals surface area contributed by atoms with E-state index >= 15 is 0 Å². The van der Waals surface area contributed by atoms with Gasteiger partial charge in [0.2, 0.25) is 17.8 Å². The fourth-order valence-electron chi connectivity index (χ4n) is 2.21. The standard InChI is InChI=1S/C13H24N6S/c1-3-14-11-16-12(15-4-2)18-13(17-11)19-20-10-8-6-5-7-9-10/h10H,3-9H2,1-2H3,(H3,14,15,16,17,18,19). The van der Waals surface area contributed by atoms with E-state index in [1.165, 1.54) is 32.1 Å². The van der Waals surface area contributed by atoms with Crippen LogP contribution in [0.1, 0.15) is 46.0 Å². The molecule has 0 radical (unpaired) electrons. The van der Waals surface area contributed by atoms with Crippen LogP contribution in [-0.4, -0.2) is 33.3 Å². The van der Waals surface area contributed by atoms with Gasteiger partial charge < -0.3 is 10.6 Å². The summed E-state index contributed by atoms with van der Waals surface area (Å²) in [6.07, 6.45) is 6.60. The second-order valence-electron chi connectivity index (χ2n) is 4.85. The van der Waals surface area contributed by atoms with Gasteiger partial charge in [-0.05, 0) is 38.6 Å². The Morgan fingerprint density at radius 1 is 0.900 bits per heavy atom. The lowest BCUT2D eigenvalue weighted by molar-refractivity contribution is 0.516. The molecule has 0 aromatic carbocycles. The van der Waals surface area contributed by atoms with E-state index in [9.17, 15) is 0 Å². The van der Waals surface area contributed by atoms with Crippen LogP contribution in [0.25, 0.3) is 0 Å². The average Bonchev–Trinajstić information content (AvgIpc) is 2.47. The minimum absolute atomic E-state index is 0.616. The van der Waals surface area contributed by atoms with Gasteiger partial charge in [0.15, 0.2) is 0 Å². The molecule has 0 atom stereocenters. The molecule has 0 spiro atoms. The highest BCUT2D eigenvalue weighted by Crippen LogP contribution is 2.28. The Labute approximate surface area is 125 Å². The lowest BCUT2D eigenvalue weighted by Gasteiger charge is -2.20. The fourth-order valence-corrected chi connectivity index (χ4v) is 3.15. The van der Waals surface area contributed by atoms with Gasteiger partial charge in [-0.1, -0.05) is 19.3 Å². The molecule has 20 heavy (non-hydrogen) atoms. The largest absolute Gasteiger partial charge is 0.354 e. The Morgan fingerprint density at radius 3 is 2.00 bits per heavy atom. The molecule has 6 nitrogen and oxygen atoms in total. The van der Waals surface area contributed by atoms with E-state index in [4.69, 9.17) is 0 Å². The summed E-state index contributed by atoms with van der Waals surface area (Å²) in [5, 5.41) is 6.94. The molecule has 0 unspecified atom stereocenters. The van der Waals surface area contributed by atoms with Gasteiger partial charge in [0, 0.05) is 18.3 Å². The number of hydrogen-bond acceptors (Lipinski definition) is 7. The van der Waals surface area contributed by atoms with Crippen molar-refractivity contribution >= 4 is 29.8 Å². The Hall–Kier alpha value is -1.24. The monoisotopic (exact) mass is 296 g/mol. The lowest BCUT2D eigenvalue weighted by Crippen LogP contribution is -2.13. The molecular weight excluding hydrogens is 272 g/mol. The van der Waals surface area contributed by atoms with Crippen molar-refractivity contribution in [3.05, 3.63) is 0 Å². The van der Waals surface area contributed by atoms with E-state index in [1.807, 2.05) is 13.8 Å². The molecule has 3 N–H and O–H groups in total. The highest BCUT2D eigenvalue weighted by molar-refractivity contribution is 8.01. The number of anilines is 3. The Balaban J connectivity index is 1.97. The summed E-state index contributed by atoms with van der Waals surface area (Å²) in [5.74, 6) is 1.86. The Kier molecular flexibility index (Phi) is 6.17. The summed E-state index contributed by atoms with van der Waals surface area (Å²) in [4.78, 5) is 13.1. The SMILES string of the molecule is CCNc1nc(NCC)nc(NSC2CCCCC2)n1. The van der Waals surface area contributed by atoms with Crippen LogP contribution < -0.4 is 15.4 Å². The molecule has 0 bridgehead atoms. The minimum atomic E-state index is 0.616. The molecule has 1 aliphatic rings. The van der Waals surface area contributed by atoms with E-state index in [1.54, 1.807) is 11.9 Å². The Bertz CT molecular complexity index is 384. The van der Waals surface area contributed by atoms with Gasteiger partial charge in [-0.15, -0.1) is 0 Å². The van der Waals surface area contributed by atoms with Crippen LogP contribution in [0.2, 0.25) is 0 Å². The van der Waals surface area contributed by atoms with Crippen LogP contribution in [0.4, 0.5) is 17.8 Å². The van der Waals surface area contributed by atoms with Gasteiger partial charge in [-0.25, -0.2) is 0 Å². The molecule has 1 saturated carbocycles. The summed E-state index contributed by atoms with van der Waals surface area (Å²) in [7, 11) is 0. The van der Waals surface area contributed by atoms with E-state index in [2.05, 4.69) is 30.3 Å². The molecule has 1 aromatic heterocycles. The molecule has 0 aliphatic heterocycles. The van der Waals surface area contributed by atoms with Crippen molar-refractivity contribution in [2.45, 2.75) is 51.2 Å². The van der Waals surface area contributed by atoms with Crippen molar-refractivity contribution in [2.75, 3.05) is 28.4 Å². The van der Waals surface area contributed by atoms with Gasteiger partial charge in [0.25, 0.3) is 0 Å². The van der Waals surface area contributed by atoms with Gasteiger partial charge in [0.05, 0.1) is 0 Å². The second kappa shape index (κ2) is 8.14. The van der Waals surface area contributed by atoms with E-state index in [0.29, 0.717) is 23.1 Å². The molecule has 1 heterocycles. The third-order valence-corrected chi connectivity index (χ3v) is 4.28. The summed E-state index contributed by atoms with van der Waals surface area (Å²) in [6, 6.07) is 0. The average molecular weight is 296 g/mol. The molecule has 112 valence electrons. The van der Waals surface area contributed by atoms with Crippen molar-refractivity contribution in [1.82, 2.24) is 15.0 Å². The third-order valence-electron chi connectivity index (χ3n) is 3.17. The zero-order valence-corrected chi connectivity index (χ0v) is 13.1. The first-order valence-corrected chi connectivity index (χ1v) is 8.35. The highest BCUT2D eigenvalue weighted by Gasteiger charge is 2.15. The van der Waals surface area contributed by atoms with E-state index < -0.39 is 0 Å². The molecule has 1 aliphatic carbocycles. The predicted octanol–water partition coefficient (Wildman–Crippen LogP) is 3.13.